The summed E-state index contributed by atoms with van der Waals surface area (Å²) in [5.41, 5.74) is 1.00. The highest BCUT2D eigenvalue weighted by atomic mass is 16.4. The zero-order chi connectivity index (χ0) is 17.8. The molecular weight excluding hydrogens is 314 g/mol. The molecule has 1 amide bonds. The number of amides is 1. The number of carbonyl (C=O) groups excluding carboxylic acids is 1. The van der Waals surface area contributed by atoms with Crippen LogP contribution in [0.5, 0.6) is 0 Å². The lowest BCUT2D eigenvalue weighted by Gasteiger charge is -2.32. The summed E-state index contributed by atoms with van der Waals surface area (Å²) in [5.74, 6) is 2.22. The molecule has 0 unspecified atom stereocenters. The molecule has 2 aromatic rings. The van der Waals surface area contributed by atoms with Crippen LogP contribution in [0.2, 0.25) is 0 Å². The first kappa shape index (κ1) is 17.7. The predicted octanol–water partition coefficient (Wildman–Crippen LogP) is 3.64. The van der Waals surface area contributed by atoms with Crippen molar-refractivity contribution in [3.8, 4) is 11.3 Å². The van der Waals surface area contributed by atoms with Gasteiger partial charge < -0.3 is 9.32 Å². The van der Waals surface area contributed by atoms with E-state index < -0.39 is 0 Å². The summed E-state index contributed by atoms with van der Waals surface area (Å²) in [4.78, 5) is 19.0. The summed E-state index contributed by atoms with van der Waals surface area (Å²) in [6.07, 6.45) is 3.92. The largest absolute Gasteiger partial charge is 0.439 e. The van der Waals surface area contributed by atoms with E-state index in [0.29, 0.717) is 5.89 Å². The van der Waals surface area contributed by atoms with Crippen molar-refractivity contribution < 1.29 is 9.21 Å². The Balaban J connectivity index is 1.59. The third-order valence-electron chi connectivity index (χ3n) is 4.92. The average Bonchev–Trinajstić information content (AvgIpc) is 3.13. The molecule has 0 spiro atoms. The second-order valence-electron chi connectivity index (χ2n) is 7.05. The molecule has 1 saturated heterocycles. The van der Waals surface area contributed by atoms with E-state index >= 15 is 0 Å². The van der Waals surface area contributed by atoms with Crippen molar-refractivity contribution in [2.24, 2.45) is 5.92 Å². The van der Waals surface area contributed by atoms with Crippen molar-refractivity contribution >= 4 is 5.91 Å². The summed E-state index contributed by atoms with van der Waals surface area (Å²) in [6.45, 7) is 7.86. The summed E-state index contributed by atoms with van der Waals surface area (Å²) < 4.78 is 5.87. The fraction of sp³-hybridized carbons (Fsp3) is 0.500. The van der Waals surface area contributed by atoms with Crippen LogP contribution < -0.4 is 5.32 Å². The van der Waals surface area contributed by atoms with Gasteiger partial charge in [-0.25, -0.2) is 4.98 Å². The molecule has 0 aliphatic carbocycles. The van der Waals surface area contributed by atoms with Gasteiger partial charge >= 0.3 is 0 Å². The second kappa shape index (κ2) is 7.83. The van der Waals surface area contributed by atoms with Gasteiger partial charge in [0.25, 0.3) is 0 Å². The van der Waals surface area contributed by atoms with Crippen LogP contribution in [-0.2, 0) is 4.79 Å². The second-order valence-corrected chi connectivity index (χ2v) is 7.05. The summed E-state index contributed by atoms with van der Waals surface area (Å²) in [7, 11) is 0. The molecule has 5 heteroatoms. The fourth-order valence-corrected chi connectivity index (χ4v) is 3.24. The number of aromatic nitrogens is 1. The third-order valence-corrected chi connectivity index (χ3v) is 4.92. The molecule has 0 radical (unpaired) electrons. The molecule has 1 aliphatic heterocycles. The Morgan fingerprint density at radius 3 is 2.60 bits per heavy atom. The number of hydrogen-bond acceptors (Lipinski definition) is 4. The lowest BCUT2D eigenvalue weighted by molar-refractivity contribution is -0.134. The van der Waals surface area contributed by atoms with Crippen molar-refractivity contribution in [2.75, 3.05) is 13.1 Å². The number of nitrogens with zero attached hydrogens (tertiary/aromatic N) is 2. The molecule has 2 atom stereocenters. The van der Waals surface area contributed by atoms with Crippen LogP contribution in [0.4, 0.5) is 0 Å². The first-order chi connectivity index (χ1) is 12.0. The summed E-state index contributed by atoms with van der Waals surface area (Å²) in [6, 6.07) is 9.52. The maximum Gasteiger partial charge on any atom is 0.239 e. The first-order valence-electron chi connectivity index (χ1n) is 9.10. The number of likely N-dealkylation sites (tertiary alicyclic amines) is 1. The van der Waals surface area contributed by atoms with Gasteiger partial charge in [0.2, 0.25) is 11.8 Å². The van der Waals surface area contributed by atoms with Crippen molar-refractivity contribution in [1.29, 1.82) is 0 Å². The highest BCUT2D eigenvalue weighted by molar-refractivity contribution is 5.81. The van der Waals surface area contributed by atoms with E-state index in [1.807, 2.05) is 49.1 Å². The Bertz CT molecular complexity index is 690. The van der Waals surface area contributed by atoms with Gasteiger partial charge in [-0.2, -0.15) is 0 Å². The first-order valence-corrected chi connectivity index (χ1v) is 9.10. The minimum Gasteiger partial charge on any atom is -0.439 e. The molecule has 1 fully saturated rings. The molecular formula is C20H27N3O2. The minimum absolute atomic E-state index is 0.125. The van der Waals surface area contributed by atoms with Crippen LogP contribution >= 0.6 is 0 Å². The van der Waals surface area contributed by atoms with Crippen LogP contribution in [0.25, 0.3) is 11.3 Å². The number of piperidine rings is 1. The monoisotopic (exact) mass is 341 g/mol. The lowest BCUT2D eigenvalue weighted by atomic mass is 9.99. The van der Waals surface area contributed by atoms with Crippen LogP contribution in [0.3, 0.4) is 0 Å². The Kier molecular flexibility index (Phi) is 5.53. The lowest BCUT2D eigenvalue weighted by Crippen LogP contribution is -2.48. The highest BCUT2D eigenvalue weighted by Gasteiger charge is 2.26. The fourth-order valence-electron chi connectivity index (χ4n) is 3.24. The van der Waals surface area contributed by atoms with Gasteiger partial charge in [0, 0.05) is 18.7 Å². The van der Waals surface area contributed by atoms with Crippen LogP contribution in [0.15, 0.2) is 40.9 Å². The average molecular weight is 341 g/mol. The molecule has 3 rings (SSSR count). The minimum atomic E-state index is -0.254. The molecule has 1 aromatic heterocycles. The molecule has 1 N–H and O–H groups in total. The molecule has 134 valence electrons. The van der Waals surface area contributed by atoms with Crippen molar-refractivity contribution in [2.45, 2.75) is 45.7 Å². The maximum absolute atomic E-state index is 12.6. The normalized spacial score (nSPS) is 18.1. The standard InChI is InChI=1S/C20H27N3O2/c1-14-9-11-23(12-10-14)20(24)16(3)22-15(2)19-21-13-18(25-19)17-7-5-4-6-8-17/h4-8,13-16,22H,9-12H2,1-3H3/t15-,16-/m1/s1. The van der Waals surface area contributed by atoms with E-state index in [0.717, 1.165) is 43.2 Å². The van der Waals surface area contributed by atoms with Gasteiger partial charge in [-0.1, -0.05) is 37.3 Å². The van der Waals surface area contributed by atoms with Crippen molar-refractivity contribution in [3.05, 3.63) is 42.4 Å². The zero-order valence-corrected chi connectivity index (χ0v) is 15.2. The van der Waals surface area contributed by atoms with Gasteiger partial charge in [0.15, 0.2) is 5.76 Å². The van der Waals surface area contributed by atoms with Gasteiger partial charge in [0.05, 0.1) is 18.3 Å². The SMILES string of the molecule is CC1CCN(C(=O)[C@@H](C)N[C@H](C)c2ncc(-c3ccccc3)o2)CC1. The van der Waals surface area contributed by atoms with Crippen LogP contribution in [-0.4, -0.2) is 34.9 Å². The summed E-state index contributed by atoms with van der Waals surface area (Å²) in [5, 5.41) is 3.32. The highest BCUT2D eigenvalue weighted by Crippen LogP contribution is 2.23. The third kappa shape index (κ3) is 4.28. The van der Waals surface area contributed by atoms with Crippen LogP contribution in [0.1, 0.15) is 45.5 Å². The number of nitrogens with one attached hydrogen (secondary N) is 1. The molecule has 2 heterocycles. The predicted molar refractivity (Wildman–Crippen MR) is 97.9 cm³/mol. The van der Waals surface area contributed by atoms with E-state index in [1.165, 1.54) is 0 Å². The van der Waals surface area contributed by atoms with Gasteiger partial charge in [-0.05, 0) is 32.6 Å². The molecule has 0 bridgehead atoms. The van der Waals surface area contributed by atoms with E-state index in [-0.39, 0.29) is 18.0 Å². The Labute approximate surface area is 149 Å². The molecule has 0 saturated carbocycles. The summed E-state index contributed by atoms with van der Waals surface area (Å²) >= 11 is 0. The maximum atomic E-state index is 12.6. The van der Waals surface area contributed by atoms with E-state index in [2.05, 4.69) is 17.2 Å². The smallest absolute Gasteiger partial charge is 0.239 e. The zero-order valence-electron chi connectivity index (χ0n) is 15.2. The van der Waals surface area contributed by atoms with Gasteiger partial charge in [0.1, 0.15) is 0 Å². The van der Waals surface area contributed by atoms with E-state index in [9.17, 15) is 4.79 Å². The molecule has 1 aromatic carbocycles. The Morgan fingerprint density at radius 2 is 1.92 bits per heavy atom. The Morgan fingerprint density at radius 1 is 1.24 bits per heavy atom. The van der Waals surface area contributed by atoms with E-state index in [4.69, 9.17) is 4.42 Å². The number of oxazole rings is 1. The van der Waals surface area contributed by atoms with Crippen molar-refractivity contribution in [3.63, 3.8) is 0 Å². The van der Waals surface area contributed by atoms with Crippen LogP contribution in [0, 0.1) is 5.92 Å². The molecule has 5 nitrogen and oxygen atoms in total. The van der Waals surface area contributed by atoms with Gasteiger partial charge in [-0.3, -0.25) is 10.1 Å². The topological polar surface area (TPSA) is 58.4 Å². The quantitative estimate of drug-likeness (QED) is 0.902. The van der Waals surface area contributed by atoms with E-state index in [1.54, 1.807) is 6.20 Å². The Hall–Kier alpha value is -2.14. The van der Waals surface area contributed by atoms with Gasteiger partial charge in [-0.15, -0.1) is 0 Å². The number of carbonyl (C=O) groups is 1. The number of rotatable bonds is 5. The number of hydrogen-bond donors (Lipinski definition) is 1. The van der Waals surface area contributed by atoms with Crippen molar-refractivity contribution in [1.82, 2.24) is 15.2 Å². The molecule has 25 heavy (non-hydrogen) atoms. The molecule has 1 aliphatic rings. The number of benzene rings is 1.